The van der Waals surface area contributed by atoms with Crippen LogP contribution < -0.4 is 5.32 Å². The number of carbonyl (C=O) groups excluding carboxylic acids is 2. The summed E-state index contributed by atoms with van der Waals surface area (Å²) in [6.07, 6.45) is 0.356. The summed E-state index contributed by atoms with van der Waals surface area (Å²) in [6.45, 7) is 3.05. The van der Waals surface area contributed by atoms with E-state index in [9.17, 15) is 14.9 Å². The molecule has 1 unspecified atom stereocenters. The molecule has 0 spiro atoms. The average Bonchev–Trinajstić information content (AvgIpc) is 3.10. The van der Waals surface area contributed by atoms with E-state index in [0.29, 0.717) is 41.4 Å². The van der Waals surface area contributed by atoms with Gasteiger partial charge in [-0.15, -0.1) is 0 Å². The summed E-state index contributed by atoms with van der Waals surface area (Å²) in [7, 11) is 0. The molecule has 1 N–H and O–H groups in total. The molecule has 2 aromatic rings. The van der Waals surface area contributed by atoms with E-state index in [1.165, 1.54) is 6.07 Å². The number of halogens is 1. The Labute approximate surface area is 173 Å². The van der Waals surface area contributed by atoms with Gasteiger partial charge >= 0.3 is 0 Å². The van der Waals surface area contributed by atoms with Gasteiger partial charge in [-0.3, -0.25) is 9.59 Å². The molecule has 1 saturated carbocycles. The first-order valence-corrected chi connectivity index (χ1v) is 10.1. The molecule has 1 aliphatic heterocycles. The van der Waals surface area contributed by atoms with Crippen LogP contribution in [0, 0.1) is 23.2 Å². The minimum absolute atomic E-state index is 0.0879. The van der Waals surface area contributed by atoms with Crippen LogP contribution >= 0.6 is 11.6 Å². The summed E-state index contributed by atoms with van der Waals surface area (Å²) < 4.78 is 11.2. The molecule has 6 nitrogen and oxygen atoms in total. The van der Waals surface area contributed by atoms with Crippen molar-refractivity contribution in [1.29, 1.82) is 5.26 Å². The Kier molecular flexibility index (Phi) is 5.44. The summed E-state index contributed by atoms with van der Waals surface area (Å²) in [5.74, 6) is 0.192. The van der Waals surface area contributed by atoms with Crippen molar-refractivity contribution in [2.45, 2.75) is 31.7 Å². The molecule has 2 fully saturated rings. The van der Waals surface area contributed by atoms with Crippen LogP contribution in [0.2, 0.25) is 5.02 Å². The zero-order valence-corrected chi connectivity index (χ0v) is 16.7. The van der Waals surface area contributed by atoms with Gasteiger partial charge in [0.15, 0.2) is 11.5 Å². The standard InChI is InChI=1S/C22H21ClN2O4/c1-2-18(26)19-9-15(22(27)25-20-16-10-28-11-17(16)20)21(29-19)14(6-7-24)12-4-3-5-13(23)8-12/h3-5,8-9,14,16-17,20H,2,6,10-11H2,1H3,(H,25,27)/t14-,16-,17+,20?/m0/s1. The van der Waals surface area contributed by atoms with Gasteiger partial charge in [-0.1, -0.05) is 30.7 Å². The third-order valence-corrected chi connectivity index (χ3v) is 5.95. The third-order valence-electron chi connectivity index (χ3n) is 5.71. The Bertz CT molecular complexity index is 983. The molecule has 7 heteroatoms. The highest BCUT2D eigenvalue weighted by molar-refractivity contribution is 6.30. The lowest BCUT2D eigenvalue weighted by Gasteiger charge is -2.15. The molecule has 2 heterocycles. The van der Waals surface area contributed by atoms with Crippen molar-refractivity contribution in [1.82, 2.24) is 5.32 Å². The number of rotatable bonds is 7. The quantitative estimate of drug-likeness (QED) is 0.695. The second kappa shape index (κ2) is 8.02. The minimum atomic E-state index is -0.500. The highest BCUT2D eigenvalue weighted by atomic mass is 35.5. The summed E-state index contributed by atoms with van der Waals surface area (Å²) in [5.41, 5.74) is 1.06. The largest absolute Gasteiger partial charge is 0.456 e. The van der Waals surface area contributed by atoms with E-state index in [0.717, 1.165) is 5.56 Å². The van der Waals surface area contributed by atoms with Gasteiger partial charge in [-0.25, -0.2) is 0 Å². The van der Waals surface area contributed by atoms with Crippen molar-refractivity contribution in [3.05, 3.63) is 58.0 Å². The van der Waals surface area contributed by atoms with Gasteiger partial charge in [-0.2, -0.15) is 5.26 Å². The number of nitriles is 1. The highest BCUT2D eigenvalue weighted by Gasteiger charge is 2.55. The lowest BCUT2D eigenvalue weighted by atomic mass is 9.91. The molecule has 29 heavy (non-hydrogen) atoms. The maximum atomic E-state index is 13.0. The van der Waals surface area contributed by atoms with Gasteiger partial charge in [0.2, 0.25) is 0 Å². The van der Waals surface area contributed by atoms with Crippen molar-refractivity contribution in [3.8, 4) is 6.07 Å². The SMILES string of the molecule is CCC(=O)c1cc(C(=O)NC2[C@H]3COC[C@@H]23)c([C@@H](CC#N)c2cccc(Cl)c2)o1. The van der Waals surface area contributed by atoms with E-state index < -0.39 is 5.92 Å². The Balaban J connectivity index is 1.69. The number of fused-ring (bicyclic) bond motifs is 1. The minimum Gasteiger partial charge on any atom is -0.456 e. The first-order chi connectivity index (χ1) is 14.0. The number of ketones is 1. The fourth-order valence-corrected chi connectivity index (χ4v) is 4.21. The Morgan fingerprint density at radius 3 is 2.72 bits per heavy atom. The molecule has 0 radical (unpaired) electrons. The van der Waals surface area contributed by atoms with E-state index in [4.69, 9.17) is 20.8 Å². The summed E-state index contributed by atoms with van der Waals surface area (Å²) in [5, 5.41) is 12.9. The number of ether oxygens (including phenoxy) is 1. The lowest BCUT2D eigenvalue weighted by Crippen LogP contribution is -2.30. The molecule has 1 saturated heterocycles. The molecule has 150 valence electrons. The van der Waals surface area contributed by atoms with Crippen LogP contribution in [0.1, 0.15) is 57.9 Å². The summed E-state index contributed by atoms with van der Waals surface area (Å²) in [4.78, 5) is 25.3. The summed E-state index contributed by atoms with van der Waals surface area (Å²) >= 11 is 6.13. The predicted molar refractivity (Wildman–Crippen MR) is 106 cm³/mol. The van der Waals surface area contributed by atoms with Crippen LogP contribution in [0.3, 0.4) is 0 Å². The van der Waals surface area contributed by atoms with Gasteiger partial charge in [0.25, 0.3) is 5.91 Å². The van der Waals surface area contributed by atoms with Crippen molar-refractivity contribution < 1.29 is 18.7 Å². The molecule has 1 aromatic heterocycles. The fraction of sp³-hybridized carbons (Fsp3) is 0.409. The van der Waals surface area contributed by atoms with E-state index in [1.54, 1.807) is 25.1 Å². The molecule has 1 amide bonds. The second-order valence-electron chi connectivity index (χ2n) is 7.50. The topological polar surface area (TPSA) is 92.3 Å². The van der Waals surface area contributed by atoms with E-state index in [2.05, 4.69) is 11.4 Å². The number of carbonyl (C=O) groups is 2. The zero-order chi connectivity index (χ0) is 20.5. The summed E-state index contributed by atoms with van der Waals surface area (Å²) in [6, 6.07) is 10.8. The van der Waals surface area contributed by atoms with Crippen LogP contribution in [0.5, 0.6) is 0 Å². The van der Waals surface area contributed by atoms with Crippen molar-refractivity contribution in [3.63, 3.8) is 0 Å². The molecule has 1 aliphatic carbocycles. The first kappa shape index (κ1) is 19.7. The smallest absolute Gasteiger partial charge is 0.255 e. The normalized spacial score (nSPS) is 23.1. The Morgan fingerprint density at radius 1 is 1.31 bits per heavy atom. The predicted octanol–water partition coefficient (Wildman–Crippen LogP) is 3.95. The van der Waals surface area contributed by atoms with Crippen LogP contribution in [0.25, 0.3) is 0 Å². The van der Waals surface area contributed by atoms with E-state index in [-0.39, 0.29) is 36.3 Å². The van der Waals surface area contributed by atoms with E-state index >= 15 is 0 Å². The number of benzene rings is 1. The lowest BCUT2D eigenvalue weighted by molar-refractivity contribution is 0.0923. The number of nitrogens with zero attached hydrogens (tertiary/aromatic N) is 1. The van der Waals surface area contributed by atoms with Gasteiger partial charge in [0.05, 0.1) is 30.8 Å². The maximum Gasteiger partial charge on any atom is 0.255 e. The van der Waals surface area contributed by atoms with Gasteiger partial charge < -0.3 is 14.5 Å². The number of hydrogen-bond donors (Lipinski definition) is 1. The molecule has 0 bridgehead atoms. The van der Waals surface area contributed by atoms with Crippen LogP contribution in [-0.2, 0) is 4.74 Å². The highest BCUT2D eigenvalue weighted by Crippen LogP contribution is 2.44. The van der Waals surface area contributed by atoms with Crippen molar-refractivity contribution >= 4 is 23.3 Å². The zero-order valence-electron chi connectivity index (χ0n) is 16.0. The Hall–Kier alpha value is -2.62. The van der Waals surface area contributed by atoms with Gasteiger partial charge in [0, 0.05) is 41.8 Å². The van der Waals surface area contributed by atoms with E-state index in [1.807, 2.05) is 6.07 Å². The van der Waals surface area contributed by atoms with Gasteiger partial charge in [-0.05, 0) is 17.7 Å². The van der Waals surface area contributed by atoms with Crippen LogP contribution in [0.4, 0.5) is 0 Å². The number of nitrogens with one attached hydrogen (secondary N) is 1. The molecule has 4 rings (SSSR count). The monoisotopic (exact) mass is 412 g/mol. The fourth-order valence-electron chi connectivity index (χ4n) is 4.01. The third kappa shape index (κ3) is 3.81. The molecule has 4 atom stereocenters. The van der Waals surface area contributed by atoms with Crippen LogP contribution in [0.15, 0.2) is 34.7 Å². The molecular weight excluding hydrogens is 392 g/mol. The molecule has 1 aromatic carbocycles. The van der Waals surface area contributed by atoms with Crippen molar-refractivity contribution in [2.75, 3.05) is 13.2 Å². The second-order valence-corrected chi connectivity index (χ2v) is 7.94. The number of furan rings is 1. The molecule has 2 aliphatic rings. The molecular formula is C22H21ClN2O4. The van der Waals surface area contributed by atoms with Crippen LogP contribution in [-0.4, -0.2) is 30.9 Å². The first-order valence-electron chi connectivity index (χ1n) is 9.71. The van der Waals surface area contributed by atoms with Gasteiger partial charge in [0.1, 0.15) is 5.76 Å². The average molecular weight is 413 g/mol. The Morgan fingerprint density at radius 2 is 2.07 bits per heavy atom. The maximum absolute atomic E-state index is 13.0. The number of hydrogen-bond acceptors (Lipinski definition) is 5. The number of amides is 1. The number of Topliss-reactive ketones (excluding diaryl/α,β-unsaturated/α-hetero) is 1. The van der Waals surface area contributed by atoms with Crippen molar-refractivity contribution in [2.24, 2.45) is 11.8 Å².